The Morgan fingerprint density at radius 2 is 1.60 bits per heavy atom. The number of carbonyl (C=O) groups excluding carboxylic acids is 1. The van der Waals surface area contributed by atoms with Crippen molar-refractivity contribution >= 4 is 5.91 Å². The van der Waals surface area contributed by atoms with Crippen LogP contribution in [-0.2, 0) is 16.8 Å². The van der Waals surface area contributed by atoms with E-state index in [0.29, 0.717) is 0 Å². The summed E-state index contributed by atoms with van der Waals surface area (Å²) in [5.74, 6) is 0.194. The first kappa shape index (κ1) is 15.0. The summed E-state index contributed by atoms with van der Waals surface area (Å²) in [5, 5.41) is 0. The molecule has 0 aliphatic carbocycles. The predicted molar refractivity (Wildman–Crippen MR) is 82.7 cm³/mol. The van der Waals surface area contributed by atoms with Crippen LogP contribution in [0.2, 0.25) is 0 Å². The van der Waals surface area contributed by atoms with E-state index < -0.39 is 0 Å². The molecule has 0 aromatic heterocycles. The van der Waals surface area contributed by atoms with E-state index in [9.17, 15) is 4.79 Å². The van der Waals surface area contributed by atoms with Gasteiger partial charge in [-0.3, -0.25) is 9.69 Å². The van der Waals surface area contributed by atoms with E-state index in [-0.39, 0.29) is 11.3 Å². The summed E-state index contributed by atoms with van der Waals surface area (Å²) in [6.45, 7) is 13.0. The molecule has 1 aromatic carbocycles. The Balaban J connectivity index is 1.90. The second-order valence-corrected chi connectivity index (χ2v) is 6.73. The van der Waals surface area contributed by atoms with Crippen LogP contribution < -0.4 is 0 Å². The van der Waals surface area contributed by atoms with Gasteiger partial charge < -0.3 is 4.90 Å². The number of carbonyl (C=O) groups is 1. The highest BCUT2D eigenvalue weighted by molar-refractivity contribution is 5.73. The Kier molecular flexibility index (Phi) is 4.48. The van der Waals surface area contributed by atoms with Crippen LogP contribution in [0, 0.1) is 0 Å². The zero-order valence-electron chi connectivity index (χ0n) is 13.1. The van der Waals surface area contributed by atoms with Crippen LogP contribution in [0.15, 0.2) is 24.3 Å². The van der Waals surface area contributed by atoms with Crippen LogP contribution in [0.1, 0.15) is 38.8 Å². The molecule has 2 rings (SSSR count). The zero-order chi connectivity index (χ0) is 14.8. The summed E-state index contributed by atoms with van der Waals surface area (Å²) < 4.78 is 0. The molecule has 3 nitrogen and oxygen atoms in total. The van der Waals surface area contributed by atoms with Gasteiger partial charge in [0.25, 0.3) is 0 Å². The first-order valence-electron chi connectivity index (χ1n) is 7.43. The van der Waals surface area contributed by atoms with E-state index >= 15 is 0 Å². The van der Waals surface area contributed by atoms with Crippen LogP contribution in [0.3, 0.4) is 0 Å². The average molecular weight is 274 g/mol. The maximum Gasteiger partial charge on any atom is 0.219 e. The van der Waals surface area contributed by atoms with Crippen molar-refractivity contribution in [3.05, 3.63) is 35.4 Å². The minimum atomic E-state index is 0.194. The minimum Gasteiger partial charge on any atom is -0.340 e. The molecule has 3 heteroatoms. The standard InChI is InChI=1S/C17H26N2O/c1-14(20)19-11-9-18(10-12-19)13-15-5-7-16(8-6-15)17(2,3)4/h5-8H,9-13H2,1-4H3. The second kappa shape index (κ2) is 5.96. The Morgan fingerprint density at radius 3 is 2.05 bits per heavy atom. The third-order valence-electron chi connectivity index (χ3n) is 4.04. The molecule has 0 N–H and O–H groups in total. The van der Waals surface area contributed by atoms with Crippen molar-refractivity contribution in [1.82, 2.24) is 9.80 Å². The molecule has 1 amide bonds. The van der Waals surface area contributed by atoms with Crippen molar-refractivity contribution < 1.29 is 4.79 Å². The maximum atomic E-state index is 11.3. The number of rotatable bonds is 2. The van der Waals surface area contributed by atoms with E-state index in [1.54, 1.807) is 6.92 Å². The third kappa shape index (κ3) is 3.83. The SMILES string of the molecule is CC(=O)N1CCN(Cc2ccc(C(C)(C)C)cc2)CC1. The Bertz CT molecular complexity index is 451. The summed E-state index contributed by atoms with van der Waals surface area (Å²) in [7, 11) is 0. The molecule has 1 aliphatic rings. The summed E-state index contributed by atoms with van der Waals surface area (Å²) in [6, 6.07) is 8.94. The topological polar surface area (TPSA) is 23.6 Å². The summed E-state index contributed by atoms with van der Waals surface area (Å²) in [4.78, 5) is 15.7. The monoisotopic (exact) mass is 274 g/mol. The fourth-order valence-corrected chi connectivity index (χ4v) is 2.59. The molecule has 1 saturated heterocycles. The Morgan fingerprint density at radius 1 is 1.05 bits per heavy atom. The number of benzene rings is 1. The number of piperazine rings is 1. The number of hydrogen-bond acceptors (Lipinski definition) is 2. The fraction of sp³-hybridized carbons (Fsp3) is 0.588. The number of nitrogens with zero attached hydrogens (tertiary/aromatic N) is 2. The fourth-order valence-electron chi connectivity index (χ4n) is 2.59. The van der Waals surface area contributed by atoms with Gasteiger partial charge in [0.15, 0.2) is 0 Å². The minimum absolute atomic E-state index is 0.194. The smallest absolute Gasteiger partial charge is 0.219 e. The highest BCUT2D eigenvalue weighted by Gasteiger charge is 2.19. The first-order chi connectivity index (χ1) is 9.36. The molecule has 1 fully saturated rings. The molecule has 110 valence electrons. The van der Waals surface area contributed by atoms with Gasteiger partial charge in [-0.2, -0.15) is 0 Å². The molecule has 1 heterocycles. The van der Waals surface area contributed by atoms with Crippen LogP contribution in [-0.4, -0.2) is 41.9 Å². The Labute approximate surface area is 122 Å². The highest BCUT2D eigenvalue weighted by atomic mass is 16.2. The maximum absolute atomic E-state index is 11.3. The predicted octanol–water partition coefficient (Wildman–Crippen LogP) is 2.65. The van der Waals surface area contributed by atoms with Crippen molar-refractivity contribution in [2.24, 2.45) is 0 Å². The molecule has 0 bridgehead atoms. The van der Waals surface area contributed by atoms with Crippen molar-refractivity contribution in [1.29, 1.82) is 0 Å². The van der Waals surface area contributed by atoms with Gasteiger partial charge >= 0.3 is 0 Å². The first-order valence-corrected chi connectivity index (χ1v) is 7.43. The molecule has 0 atom stereocenters. The van der Waals surface area contributed by atoms with E-state index in [1.165, 1.54) is 11.1 Å². The van der Waals surface area contributed by atoms with Gasteiger partial charge in [-0.05, 0) is 16.5 Å². The zero-order valence-corrected chi connectivity index (χ0v) is 13.1. The normalized spacial score (nSPS) is 17.3. The molecule has 0 unspecified atom stereocenters. The molecular weight excluding hydrogens is 248 g/mol. The van der Waals surface area contributed by atoms with Gasteiger partial charge in [-0.15, -0.1) is 0 Å². The summed E-state index contributed by atoms with van der Waals surface area (Å²) >= 11 is 0. The highest BCUT2D eigenvalue weighted by Crippen LogP contribution is 2.22. The summed E-state index contributed by atoms with van der Waals surface area (Å²) in [5.41, 5.74) is 2.95. The molecule has 0 radical (unpaired) electrons. The molecule has 1 aliphatic heterocycles. The van der Waals surface area contributed by atoms with Gasteiger partial charge in [-0.25, -0.2) is 0 Å². The Hall–Kier alpha value is -1.35. The number of amides is 1. The van der Waals surface area contributed by atoms with Gasteiger partial charge in [-0.1, -0.05) is 45.0 Å². The quantitative estimate of drug-likeness (QED) is 0.828. The lowest BCUT2D eigenvalue weighted by molar-refractivity contribution is -0.130. The van der Waals surface area contributed by atoms with Gasteiger partial charge in [0.1, 0.15) is 0 Å². The van der Waals surface area contributed by atoms with Crippen LogP contribution in [0.25, 0.3) is 0 Å². The van der Waals surface area contributed by atoms with Crippen LogP contribution >= 0.6 is 0 Å². The van der Waals surface area contributed by atoms with Crippen LogP contribution in [0.4, 0.5) is 0 Å². The summed E-state index contributed by atoms with van der Waals surface area (Å²) in [6.07, 6.45) is 0. The largest absolute Gasteiger partial charge is 0.340 e. The van der Waals surface area contributed by atoms with Crippen molar-refractivity contribution in [3.8, 4) is 0 Å². The van der Waals surface area contributed by atoms with E-state index in [1.807, 2.05) is 4.90 Å². The van der Waals surface area contributed by atoms with Gasteiger partial charge in [0.05, 0.1) is 0 Å². The lowest BCUT2D eigenvalue weighted by Gasteiger charge is -2.34. The van der Waals surface area contributed by atoms with Gasteiger partial charge in [0.2, 0.25) is 5.91 Å². The lowest BCUT2D eigenvalue weighted by Crippen LogP contribution is -2.47. The molecular formula is C17H26N2O. The van der Waals surface area contributed by atoms with Crippen molar-refractivity contribution in [2.45, 2.75) is 39.7 Å². The third-order valence-corrected chi connectivity index (χ3v) is 4.04. The van der Waals surface area contributed by atoms with Crippen LogP contribution in [0.5, 0.6) is 0 Å². The molecule has 0 spiro atoms. The van der Waals surface area contributed by atoms with Crippen molar-refractivity contribution in [2.75, 3.05) is 26.2 Å². The van der Waals surface area contributed by atoms with E-state index in [4.69, 9.17) is 0 Å². The van der Waals surface area contributed by atoms with E-state index in [0.717, 1.165) is 32.7 Å². The lowest BCUT2D eigenvalue weighted by atomic mass is 9.87. The molecule has 0 saturated carbocycles. The van der Waals surface area contributed by atoms with Gasteiger partial charge in [0, 0.05) is 39.6 Å². The second-order valence-electron chi connectivity index (χ2n) is 6.73. The molecule has 1 aromatic rings. The molecule has 20 heavy (non-hydrogen) atoms. The number of hydrogen-bond donors (Lipinski definition) is 0. The van der Waals surface area contributed by atoms with E-state index in [2.05, 4.69) is 49.9 Å². The van der Waals surface area contributed by atoms with Crippen molar-refractivity contribution in [3.63, 3.8) is 0 Å². The average Bonchev–Trinajstić information content (AvgIpc) is 2.39.